The van der Waals surface area contributed by atoms with Crippen LogP contribution in [0.5, 0.6) is 11.5 Å². The summed E-state index contributed by atoms with van der Waals surface area (Å²) in [6.45, 7) is 9.73. The zero-order chi connectivity index (χ0) is 22.1. The van der Waals surface area contributed by atoms with Crippen molar-refractivity contribution in [3.8, 4) is 11.5 Å². The van der Waals surface area contributed by atoms with Crippen molar-refractivity contribution >= 4 is 45.0 Å². The Morgan fingerprint density at radius 3 is 2.61 bits per heavy atom. The Balaban J connectivity index is 0.00000259. The Labute approximate surface area is 203 Å². The molecule has 0 saturated carbocycles. The van der Waals surface area contributed by atoms with Crippen LogP contribution in [0.1, 0.15) is 21.5 Å². The van der Waals surface area contributed by atoms with Crippen LogP contribution < -0.4 is 14.4 Å². The zero-order valence-corrected chi connectivity index (χ0v) is 20.5. The summed E-state index contributed by atoms with van der Waals surface area (Å²) in [6.07, 6.45) is 0. The van der Waals surface area contributed by atoms with Crippen molar-refractivity contribution in [2.75, 3.05) is 57.5 Å². The molecule has 7 nitrogen and oxygen atoms in total. The lowest BCUT2D eigenvalue weighted by atomic mass is 10.1. The highest BCUT2D eigenvalue weighted by Crippen LogP contribution is 2.35. The number of rotatable bonds is 5. The highest BCUT2D eigenvalue weighted by atomic mass is 35.5. The van der Waals surface area contributed by atoms with E-state index in [1.807, 2.05) is 6.07 Å². The van der Waals surface area contributed by atoms with Gasteiger partial charge in [-0.2, -0.15) is 0 Å². The fourth-order valence-corrected chi connectivity index (χ4v) is 5.20. The number of carbonyl (C=O) groups is 1. The highest BCUT2D eigenvalue weighted by molar-refractivity contribution is 7.22. The van der Waals surface area contributed by atoms with Crippen molar-refractivity contribution in [1.82, 2.24) is 9.88 Å². The maximum Gasteiger partial charge on any atom is 0.260 e. The number of morpholine rings is 1. The third kappa shape index (κ3) is 5.09. The van der Waals surface area contributed by atoms with Crippen molar-refractivity contribution in [2.45, 2.75) is 13.8 Å². The van der Waals surface area contributed by atoms with E-state index in [1.165, 1.54) is 11.1 Å². The predicted molar refractivity (Wildman–Crippen MR) is 133 cm³/mol. The topological polar surface area (TPSA) is 64.1 Å². The normalized spacial score (nSPS) is 15.8. The number of fused-ring (bicyclic) bond motifs is 2. The molecule has 0 radical (unpaired) electrons. The molecule has 1 amide bonds. The first-order valence-corrected chi connectivity index (χ1v) is 11.8. The fourth-order valence-electron chi connectivity index (χ4n) is 4.16. The number of aryl methyl sites for hydroxylation is 2. The first-order valence-electron chi connectivity index (χ1n) is 11.0. The predicted octanol–water partition coefficient (Wildman–Crippen LogP) is 4.09. The summed E-state index contributed by atoms with van der Waals surface area (Å²) >= 11 is 1.57. The summed E-state index contributed by atoms with van der Waals surface area (Å²) in [4.78, 5) is 22.7. The van der Waals surface area contributed by atoms with Gasteiger partial charge in [-0.05, 0) is 49.2 Å². The molecule has 2 aliphatic rings. The Bertz CT molecular complexity index is 1150. The molecule has 5 rings (SSSR count). The van der Waals surface area contributed by atoms with Gasteiger partial charge in [-0.25, -0.2) is 4.98 Å². The van der Waals surface area contributed by atoms with Gasteiger partial charge < -0.3 is 14.2 Å². The highest BCUT2D eigenvalue weighted by Gasteiger charge is 2.25. The van der Waals surface area contributed by atoms with Gasteiger partial charge in [-0.1, -0.05) is 17.4 Å². The van der Waals surface area contributed by atoms with Crippen molar-refractivity contribution in [1.29, 1.82) is 0 Å². The summed E-state index contributed by atoms with van der Waals surface area (Å²) in [5.74, 6) is 1.22. The molecule has 176 valence electrons. The van der Waals surface area contributed by atoms with Gasteiger partial charge in [-0.15, -0.1) is 12.4 Å². The van der Waals surface area contributed by atoms with Crippen LogP contribution in [0.2, 0.25) is 0 Å². The van der Waals surface area contributed by atoms with E-state index < -0.39 is 0 Å². The zero-order valence-electron chi connectivity index (χ0n) is 18.8. The van der Waals surface area contributed by atoms with E-state index in [-0.39, 0.29) is 18.3 Å². The van der Waals surface area contributed by atoms with Gasteiger partial charge in [0.1, 0.15) is 13.2 Å². The van der Waals surface area contributed by atoms with E-state index in [4.69, 9.17) is 19.2 Å². The Kier molecular flexibility index (Phi) is 7.38. The molecule has 33 heavy (non-hydrogen) atoms. The Morgan fingerprint density at radius 1 is 1.06 bits per heavy atom. The molecule has 1 saturated heterocycles. The second-order valence-corrected chi connectivity index (χ2v) is 9.17. The molecule has 3 heterocycles. The molecular weight excluding hydrogens is 462 g/mol. The number of halogens is 1. The number of anilines is 1. The number of nitrogens with zero attached hydrogens (tertiary/aromatic N) is 3. The lowest BCUT2D eigenvalue weighted by Gasteiger charge is -2.29. The van der Waals surface area contributed by atoms with Gasteiger partial charge in [0.25, 0.3) is 5.91 Å². The molecule has 2 aromatic carbocycles. The largest absolute Gasteiger partial charge is 0.486 e. The van der Waals surface area contributed by atoms with Crippen LogP contribution in [-0.2, 0) is 4.74 Å². The molecule has 0 spiro atoms. The minimum Gasteiger partial charge on any atom is -0.486 e. The van der Waals surface area contributed by atoms with Crippen LogP contribution in [0, 0.1) is 13.8 Å². The number of hydrogen-bond acceptors (Lipinski definition) is 7. The number of thiazole rings is 1. The number of amides is 1. The monoisotopic (exact) mass is 489 g/mol. The van der Waals surface area contributed by atoms with Crippen molar-refractivity contribution in [2.24, 2.45) is 0 Å². The molecule has 3 aromatic rings. The maximum atomic E-state index is 13.7. The van der Waals surface area contributed by atoms with Crippen LogP contribution in [0.25, 0.3) is 10.2 Å². The standard InChI is InChI=1S/C24H27N3O4S.ClH/c1-16-13-17(2)22-19(14-16)25-24(32-22)27(6-5-26-7-9-29-10-8-26)23(28)18-3-4-20-21(15-18)31-12-11-30-20;/h3-4,13-15H,5-12H2,1-2H3;1H. The van der Waals surface area contributed by atoms with Crippen LogP contribution in [-0.4, -0.2) is 68.4 Å². The Morgan fingerprint density at radius 2 is 1.82 bits per heavy atom. The molecule has 1 fully saturated rings. The Hall–Kier alpha value is -2.39. The summed E-state index contributed by atoms with van der Waals surface area (Å²) in [5, 5.41) is 0.724. The minimum absolute atomic E-state index is 0. The van der Waals surface area contributed by atoms with E-state index in [9.17, 15) is 4.79 Å². The number of aromatic nitrogens is 1. The number of benzene rings is 2. The summed E-state index contributed by atoms with van der Waals surface area (Å²) < 4.78 is 17.9. The lowest BCUT2D eigenvalue weighted by molar-refractivity contribution is 0.0391. The average Bonchev–Trinajstić information content (AvgIpc) is 3.23. The third-order valence-electron chi connectivity index (χ3n) is 5.82. The van der Waals surface area contributed by atoms with Crippen LogP contribution in [0.4, 0.5) is 5.13 Å². The van der Waals surface area contributed by atoms with E-state index in [2.05, 4.69) is 30.9 Å². The van der Waals surface area contributed by atoms with Gasteiger partial charge in [-0.3, -0.25) is 14.6 Å². The van der Waals surface area contributed by atoms with Gasteiger partial charge in [0.15, 0.2) is 16.6 Å². The smallest absolute Gasteiger partial charge is 0.260 e. The first kappa shape index (κ1) is 23.8. The quantitative estimate of drug-likeness (QED) is 0.538. The molecule has 2 aliphatic heterocycles. The average molecular weight is 490 g/mol. The lowest BCUT2D eigenvalue weighted by Crippen LogP contribution is -2.43. The van der Waals surface area contributed by atoms with Gasteiger partial charge in [0.05, 0.1) is 23.4 Å². The maximum absolute atomic E-state index is 13.7. The molecule has 0 aliphatic carbocycles. The van der Waals surface area contributed by atoms with E-state index in [1.54, 1.807) is 28.4 Å². The van der Waals surface area contributed by atoms with Crippen molar-refractivity contribution in [3.05, 3.63) is 47.0 Å². The number of hydrogen-bond donors (Lipinski definition) is 0. The molecular formula is C24H28ClN3O4S. The minimum atomic E-state index is -0.0799. The summed E-state index contributed by atoms with van der Waals surface area (Å²) in [6, 6.07) is 9.64. The molecule has 0 bridgehead atoms. The number of carbonyl (C=O) groups excluding carboxylic acids is 1. The summed E-state index contributed by atoms with van der Waals surface area (Å²) in [5.41, 5.74) is 3.87. The van der Waals surface area contributed by atoms with Crippen molar-refractivity contribution in [3.63, 3.8) is 0 Å². The van der Waals surface area contributed by atoms with Crippen LogP contribution in [0.3, 0.4) is 0 Å². The fraction of sp³-hybridized carbons (Fsp3) is 0.417. The molecule has 0 unspecified atom stereocenters. The van der Waals surface area contributed by atoms with Crippen LogP contribution in [0.15, 0.2) is 30.3 Å². The molecule has 0 atom stereocenters. The van der Waals surface area contributed by atoms with Gasteiger partial charge in [0.2, 0.25) is 0 Å². The van der Waals surface area contributed by atoms with Gasteiger partial charge >= 0.3 is 0 Å². The van der Waals surface area contributed by atoms with Crippen molar-refractivity contribution < 1.29 is 19.0 Å². The second-order valence-electron chi connectivity index (χ2n) is 8.20. The second kappa shape index (κ2) is 10.3. The SMILES string of the molecule is Cc1cc(C)c2sc(N(CCN3CCOCC3)C(=O)c3ccc4c(c3)OCCO4)nc2c1.Cl. The molecule has 1 aromatic heterocycles. The van der Waals surface area contributed by atoms with E-state index >= 15 is 0 Å². The summed E-state index contributed by atoms with van der Waals surface area (Å²) in [7, 11) is 0. The first-order chi connectivity index (χ1) is 15.6. The van der Waals surface area contributed by atoms with Gasteiger partial charge in [0, 0.05) is 31.7 Å². The third-order valence-corrected chi connectivity index (χ3v) is 7.05. The molecule has 9 heteroatoms. The van der Waals surface area contributed by atoms with E-state index in [0.29, 0.717) is 36.8 Å². The number of ether oxygens (including phenoxy) is 3. The van der Waals surface area contributed by atoms with Crippen LogP contribution >= 0.6 is 23.7 Å². The molecule has 0 N–H and O–H groups in total. The van der Waals surface area contributed by atoms with E-state index in [0.717, 1.165) is 48.2 Å².